The molecule has 64 valence electrons. The summed E-state index contributed by atoms with van der Waals surface area (Å²) in [6, 6.07) is 0. The zero-order chi connectivity index (χ0) is 8.72. The molecule has 0 aliphatic rings. The normalized spacial score (nSPS) is 11.7. The van der Waals surface area contributed by atoms with E-state index in [4.69, 9.17) is 0 Å². The monoisotopic (exact) mass is 179 g/mol. The zero-order valence-electron chi connectivity index (χ0n) is 7.64. The van der Waals surface area contributed by atoms with Crippen molar-refractivity contribution in [3.8, 4) is 0 Å². The second kappa shape index (κ2) is 2.63. The molecule has 0 radical (unpaired) electrons. The number of fused-ring (bicyclic) bond motifs is 1. The Morgan fingerprint density at radius 1 is 1.42 bits per heavy atom. The molecular formula is C10H13NS. The van der Waals surface area contributed by atoms with Crippen molar-refractivity contribution in [2.45, 2.75) is 26.7 Å². The van der Waals surface area contributed by atoms with Gasteiger partial charge in [0.05, 0.1) is 0 Å². The van der Waals surface area contributed by atoms with E-state index in [-0.39, 0.29) is 0 Å². The molecule has 1 N–H and O–H groups in total. The zero-order valence-corrected chi connectivity index (χ0v) is 8.46. The van der Waals surface area contributed by atoms with Crippen LogP contribution in [0.3, 0.4) is 0 Å². The Kier molecular flexibility index (Phi) is 1.72. The van der Waals surface area contributed by atoms with Gasteiger partial charge in [0, 0.05) is 11.6 Å². The second-order valence-corrected chi connectivity index (χ2v) is 4.40. The Morgan fingerprint density at radius 2 is 2.17 bits per heavy atom. The first-order valence-electron chi connectivity index (χ1n) is 4.25. The minimum atomic E-state index is 0.618. The van der Waals surface area contributed by atoms with Gasteiger partial charge in [0.2, 0.25) is 0 Å². The van der Waals surface area contributed by atoms with E-state index < -0.39 is 0 Å². The fourth-order valence-electron chi connectivity index (χ4n) is 1.58. The maximum absolute atomic E-state index is 3.31. The fourth-order valence-corrected chi connectivity index (χ4v) is 2.52. The molecule has 0 unspecified atom stereocenters. The molecular weight excluding hydrogens is 166 g/mol. The SMILES string of the molecule is Cc1csc2[nH]cc(C(C)C)c12. The van der Waals surface area contributed by atoms with Crippen molar-refractivity contribution < 1.29 is 0 Å². The quantitative estimate of drug-likeness (QED) is 0.687. The van der Waals surface area contributed by atoms with Crippen LogP contribution in [0, 0.1) is 6.92 Å². The molecule has 0 aliphatic heterocycles. The number of nitrogens with one attached hydrogen (secondary N) is 1. The van der Waals surface area contributed by atoms with Crippen LogP contribution in [0.4, 0.5) is 0 Å². The number of hydrogen-bond acceptors (Lipinski definition) is 1. The molecule has 2 aromatic heterocycles. The van der Waals surface area contributed by atoms with Crippen molar-refractivity contribution in [1.82, 2.24) is 4.98 Å². The average molecular weight is 179 g/mol. The van der Waals surface area contributed by atoms with Crippen LogP contribution in [-0.4, -0.2) is 4.98 Å². The molecule has 0 fully saturated rings. The van der Waals surface area contributed by atoms with Crippen molar-refractivity contribution in [2.75, 3.05) is 0 Å². The number of aromatic amines is 1. The highest BCUT2D eigenvalue weighted by atomic mass is 32.1. The summed E-state index contributed by atoms with van der Waals surface area (Å²) in [6.45, 7) is 6.65. The van der Waals surface area contributed by atoms with Crippen LogP contribution >= 0.6 is 11.3 Å². The van der Waals surface area contributed by atoms with Crippen molar-refractivity contribution in [3.63, 3.8) is 0 Å². The fraction of sp³-hybridized carbons (Fsp3) is 0.400. The van der Waals surface area contributed by atoms with E-state index in [9.17, 15) is 0 Å². The molecule has 0 aromatic carbocycles. The molecule has 2 heteroatoms. The van der Waals surface area contributed by atoms with Crippen molar-refractivity contribution in [3.05, 3.63) is 22.7 Å². The number of H-pyrrole nitrogens is 1. The van der Waals surface area contributed by atoms with Gasteiger partial charge in [-0.2, -0.15) is 0 Å². The molecule has 0 amide bonds. The minimum absolute atomic E-state index is 0.618. The lowest BCUT2D eigenvalue weighted by Gasteiger charge is -2.00. The van der Waals surface area contributed by atoms with Gasteiger partial charge in [0.1, 0.15) is 4.83 Å². The Labute approximate surface area is 76.4 Å². The minimum Gasteiger partial charge on any atom is -0.353 e. The van der Waals surface area contributed by atoms with Gasteiger partial charge in [-0.05, 0) is 29.3 Å². The van der Waals surface area contributed by atoms with E-state index in [2.05, 4.69) is 37.3 Å². The molecule has 2 aromatic rings. The molecule has 0 bridgehead atoms. The molecule has 0 saturated heterocycles. The first-order valence-corrected chi connectivity index (χ1v) is 5.13. The Morgan fingerprint density at radius 3 is 2.83 bits per heavy atom. The highest BCUT2D eigenvalue weighted by Gasteiger charge is 2.10. The predicted molar refractivity (Wildman–Crippen MR) is 55.0 cm³/mol. The van der Waals surface area contributed by atoms with E-state index in [1.54, 1.807) is 11.3 Å². The smallest absolute Gasteiger partial charge is 0.100 e. The molecule has 2 rings (SSSR count). The Balaban J connectivity index is 2.75. The first kappa shape index (κ1) is 7.87. The van der Waals surface area contributed by atoms with Crippen LogP contribution in [0.1, 0.15) is 30.9 Å². The van der Waals surface area contributed by atoms with Gasteiger partial charge in [-0.1, -0.05) is 13.8 Å². The molecule has 2 heterocycles. The van der Waals surface area contributed by atoms with E-state index in [1.165, 1.54) is 21.3 Å². The number of thiophene rings is 1. The lowest BCUT2D eigenvalue weighted by atomic mass is 10.0. The molecule has 0 aliphatic carbocycles. The molecule has 12 heavy (non-hydrogen) atoms. The summed E-state index contributed by atoms with van der Waals surface area (Å²) in [5.41, 5.74) is 2.85. The number of aryl methyl sites for hydroxylation is 1. The maximum atomic E-state index is 3.31. The van der Waals surface area contributed by atoms with Crippen molar-refractivity contribution in [2.24, 2.45) is 0 Å². The summed E-state index contributed by atoms with van der Waals surface area (Å²) in [6.07, 6.45) is 2.14. The number of rotatable bonds is 1. The van der Waals surface area contributed by atoms with Crippen LogP contribution < -0.4 is 0 Å². The number of hydrogen-bond donors (Lipinski definition) is 1. The number of aromatic nitrogens is 1. The third kappa shape index (κ3) is 0.985. The van der Waals surface area contributed by atoms with E-state index in [0.29, 0.717) is 5.92 Å². The van der Waals surface area contributed by atoms with Crippen LogP contribution in [0.25, 0.3) is 10.2 Å². The van der Waals surface area contributed by atoms with Gasteiger partial charge >= 0.3 is 0 Å². The highest BCUT2D eigenvalue weighted by Crippen LogP contribution is 2.31. The first-order chi connectivity index (χ1) is 5.70. The van der Waals surface area contributed by atoms with Gasteiger partial charge in [-0.3, -0.25) is 0 Å². The lowest BCUT2D eigenvalue weighted by molar-refractivity contribution is 0.875. The third-order valence-corrected chi connectivity index (χ3v) is 3.27. The lowest BCUT2D eigenvalue weighted by Crippen LogP contribution is -1.83. The van der Waals surface area contributed by atoms with Gasteiger partial charge in [0.25, 0.3) is 0 Å². The van der Waals surface area contributed by atoms with Crippen LogP contribution in [0.5, 0.6) is 0 Å². The van der Waals surface area contributed by atoms with Gasteiger partial charge in [0.15, 0.2) is 0 Å². The highest BCUT2D eigenvalue weighted by molar-refractivity contribution is 7.17. The van der Waals surface area contributed by atoms with Crippen LogP contribution in [0.2, 0.25) is 0 Å². The van der Waals surface area contributed by atoms with Crippen molar-refractivity contribution >= 4 is 21.6 Å². The summed E-state index contributed by atoms with van der Waals surface area (Å²) in [5.74, 6) is 0.618. The van der Waals surface area contributed by atoms with E-state index >= 15 is 0 Å². The summed E-state index contributed by atoms with van der Waals surface area (Å²) in [4.78, 5) is 4.62. The summed E-state index contributed by atoms with van der Waals surface area (Å²) >= 11 is 1.80. The molecule has 1 nitrogen and oxygen atoms in total. The molecule has 0 spiro atoms. The average Bonchev–Trinajstić information content (AvgIpc) is 2.53. The van der Waals surface area contributed by atoms with Gasteiger partial charge in [-0.25, -0.2) is 0 Å². The van der Waals surface area contributed by atoms with Gasteiger partial charge in [-0.15, -0.1) is 11.3 Å². The Hall–Kier alpha value is -0.760. The standard InChI is InChI=1S/C10H13NS/c1-6(2)8-4-11-10-9(8)7(3)5-12-10/h4-6,11H,1-3H3. The Bertz CT molecular complexity index is 395. The van der Waals surface area contributed by atoms with E-state index in [0.717, 1.165) is 0 Å². The maximum Gasteiger partial charge on any atom is 0.100 e. The third-order valence-electron chi connectivity index (χ3n) is 2.24. The van der Waals surface area contributed by atoms with E-state index in [1.807, 2.05) is 0 Å². The summed E-state index contributed by atoms with van der Waals surface area (Å²) in [7, 11) is 0. The summed E-state index contributed by atoms with van der Waals surface area (Å²) in [5, 5.41) is 3.66. The van der Waals surface area contributed by atoms with Crippen LogP contribution in [0.15, 0.2) is 11.6 Å². The largest absolute Gasteiger partial charge is 0.353 e. The predicted octanol–water partition coefficient (Wildman–Crippen LogP) is 3.66. The molecule has 0 saturated carbocycles. The topological polar surface area (TPSA) is 15.8 Å². The molecule has 0 atom stereocenters. The van der Waals surface area contributed by atoms with Gasteiger partial charge < -0.3 is 4.98 Å². The second-order valence-electron chi connectivity index (χ2n) is 3.52. The summed E-state index contributed by atoms with van der Waals surface area (Å²) < 4.78 is 0. The van der Waals surface area contributed by atoms with Crippen LogP contribution in [-0.2, 0) is 0 Å². The van der Waals surface area contributed by atoms with Crippen molar-refractivity contribution in [1.29, 1.82) is 0 Å².